The number of urea groups is 1. The minimum absolute atomic E-state index is 0.0342. The largest absolute Gasteiger partial charge is 0.481 e. The Morgan fingerprint density at radius 3 is 2.39 bits per heavy atom. The lowest BCUT2D eigenvalue weighted by Crippen LogP contribution is -2.53. The summed E-state index contributed by atoms with van der Waals surface area (Å²) < 4.78 is 13.1. The number of halogens is 1. The Balaban J connectivity index is 1.94. The molecule has 0 saturated heterocycles. The van der Waals surface area contributed by atoms with Gasteiger partial charge in [0, 0.05) is 18.4 Å². The topological polar surface area (TPSA) is 78.4 Å². The second kappa shape index (κ2) is 6.56. The van der Waals surface area contributed by atoms with Gasteiger partial charge in [0.2, 0.25) is 0 Å². The maximum atomic E-state index is 13.1. The van der Waals surface area contributed by atoms with Gasteiger partial charge in [-0.05, 0) is 37.0 Å². The second-order valence-corrected chi connectivity index (χ2v) is 6.59. The summed E-state index contributed by atoms with van der Waals surface area (Å²) in [6.07, 6.45) is 2.16. The third-order valence-corrected chi connectivity index (χ3v) is 4.72. The van der Waals surface area contributed by atoms with Gasteiger partial charge in [0.1, 0.15) is 5.82 Å². The molecule has 0 unspecified atom stereocenters. The van der Waals surface area contributed by atoms with Gasteiger partial charge in [0.25, 0.3) is 0 Å². The van der Waals surface area contributed by atoms with E-state index < -0.39 is 5.97 Å². The molecule has 0 atom stereocenters. The number of benzene rings is 1. The first-order chi connectivity index (χ1) is 10.8. The molecule has 1 aliphatic carbocycles. The third kappa shape index (κ3) is 4.00. The number of carbonyl (C=O) groups excluding carboxylic acids is 1. The molecule has 0 spiro atoms. The third-order valence-electron chi connectivity index (χ3n) is 4.72. The van der Waals surface area contributed by atoms with E-state index >= 15 is 0 Å². The molecule has 0 radical (unpaired) electrons. The SMILES string of the molecule is CC(C)(c1ccc(F)cc1)C1(NC(=O)NCCCC(=O)O)CC1. The first kappa shape index (κ1) is 17.2. The number of hydrogen-bond acceptors (Lipinski definition) is 2. The van der Waals surface area contributed by atoms with Crippen molar-refractivity contribution >= 4 is 12.0 Å². The van der Waals surface area contributed by atoms with Crippen molar-refractivity contribution < 1.29 is 19.1 Å². The van der Waals surface area contributed by atoms with Crippen LogP contribution in [0.25, 0.3) is 0 Å². The van der Waals surface area contributed by atoms with E-state index in [0.717, 1.165) is 18.4 Å². The Kier molecular flexibility index (Phi) is 4.92. The number of nitrogens with one attached hydrogen (secondary N) is 2. The van der Waals surface area contributed by atoms with Crippen molar-refractivity contribution in [2.24, 2.45) is 0 Å². The zero-order valence-electron chi connectivity index (χ0n) is 13.5. The van der Waals surface area contributed by atoms with Crippen LogP contribution in [0.5, 0.6) is 0 Å². The van der Waals surface area contributed by atoms with Crippen molar-refractivity contribution in [1.29, 1.82) is 0 Å². The molecular formula is C17H23FN2O3. The number of hydrogen-bond donors (Lipinski definition) is 3. The van der Waals surface area contributed by atoms with Crippen molar-refractivity contribution in [3.05, 3.63) is 35.6 Å². The van der Waals surface area contributed by atoms with E-state index in [0.29, 0.717) is 13.0 Å². The van der Waals surface area contributed by atoms with Gasteiger partial charge in [-0.1, -0.05) is 26.0 Å². The van der Waals surface area contributed by atoms with Crippen molar-refractivity contribution in [3.8, 4) is 0 Å². The summed E-state index contributed by atoms with van der Waals surface area (Å²) in [5.74, 6) is -1.15. The van der Waals surface area contributed by atoms with Crippen LogP contribution < -0.4 is 10.6 Å². The maximum Gasteiger partial charge on any atom is 0.315 e. The Labute approximate surface area is 135 Å². The van der Waals surface area contributed by atoms with Crippen LogP contribution in [0.3, 0.4) is 0 Å². The Bertz CT molecular complexity index is 580. The van der Waals surface area contributed by atoms with Crippen LogP contribution in [0, 0.1) is 5.82 Å². The zero-order chi connectivity index (χ0) is 17.1. The molecule has 0 aliphatic heterocycles. The summed E-state index contributed by atoms with van der Waals surface area (Å²) in [6.45, 7) is 4.40. The van der Waals surface area contributed by atoms with E-state index in [2.05, 4.69) is 10.6 Å². The lowest BCUT2D eigenvalue weighted by Gasteiger charge is -2.36. The second-order valence-electron chi connectivity index (χ2n) is 6.59. The highest BCUT2D eigenvalue weighted by Gasteiger charge is 2.56. The predicted molar refractivity (Wildman–Crippen MR) is 84.8 cm³/mol. The van der Waals surface area contributed by atoms with Crippen molar-refractivity contribution in [2.75, 3.05) is 6.54 Å². The summed E-state index contributed by atoms with van der Waals surface area (Å²) in [7, 11) is 0. The molecule has 5 nitrogen and oxygen atoms in total. The minimum Gasteiger partial charge on any atom is -0.481 e. The van der Waals surface area contributed by atoms with Crippen LogP contribution in [0.1, 0.15) is 45.1 Å². The van der Waals surface area contributed by atoms with Gasteiger partial charge in [0.05, 0.1) is 5.54 Å². The maximum absolute atomic E-state index is 13.1. The molecule has 1 aliphatic rings. The Morgan fingerprint density at radius 1 is 1.26 bits per heavy atom. The summed E-state index contributed by atoms with van der Waals surface area (Å²) in [4.78, 5) is 22.5. The average molecular weight is 322 g/mol. The smallest absolute Gasteiger partial charge is 0.315 e. The van der Waals surface area contributed by atoms with E-state index in [1.807, 2.05) is 13.8 Å². The molecule has 0 bridgehead atoms. The number of aliphatic carboxylic acids is 1. The zero-order valence-corrected chi connectivity index (χ0v) is 13.5. The standard InChI is InChI=1S/C17H23FN2O3/c1-16(2,12-5-7-13(18)8-6-12)17(9-10-17)20-15(23)19-11-3-4-14(21)22/h5-8H,3-4,9-11H2,1-2H3,(H,21,22)(H2,19,20,23). The lowest BCUT2D eigenvalue weighted by molar-refractivity contribution is -0.137. The van der Waals surface area contributed by atoms with Crippen LogP contribution in [-0.4, -0.2) is 29.2 Å². The van der Waals surface area contributed by atoms with Gasteiger partial charge < -0.3 is 15.7 Å². The summed E-state index contributed by atoms with van der Waals surface area (Å²) >= 11 is 0. The van der Waals surface area contributed by atoms with Gasteiger partial charge in [-0.2, -0.15) is 0 Å². The van der Waals surface area contributed by atoms with Crippen molar-refractivity contribution in [1.82, 2.24) is 10.6 Å². The molecule has 1 aromatic rings. The van der Waals surface area contributed by atoms with E-state index in [-0.39, 0.29) is 29.2 Å². The molecule has 1 saturated carbocycles. The predicted octanol–water partition coefficient (Wildman–Crippen LogP) is 2.80. The fourth-order valence-electron chi connectivity index (χ4n) is 2.88. The summed E-state index contributed by atoms with van der Waals surface area (Å²) in [6, 6.07) is 6.07. The Morgan fingerprint density at radius 2 is 1.87 bits per heavy atom. The molecule has 126 valence electrons. The van der Waals surface area contributed by atoms with Crippen molar-refractivity contribution in [2.45, 2.75) is 50.5 Å². The molecule has 0 aromatic heterocycles. The van der Waals surface area contributed by atoms with Gasteiger partial charge in [-0.15, -0.1) is 0 Å². The molecule has 1 aromatic carbocycles. The van der Waals surface area contributed by atoms with Crippen LogP contribution in [0.2, 0.25) is 0 Å². The highest BCUT2D eigenvalue weighted by atomic mass is 19.1. The van der Waals surface area contributed by atoms with E-state index in [1.54, 1.807) is 12.1 Å². The molecule has 1 fully saturated rings. The monoisotopic (exact) mass is 322 g/mol. The summed E-state index contributed by atoms with van der Waals surface area (Å²) in [5.41, 5.74) is 0.309. The minimum atomic E-state index is -0.872. The van der Waals surface area contributed by atoms with Crippen molar-refractivity contribution in [3.63, 3.8) is 0 Å². The fourth-order valence-corrected chi connectivity index (χ4v) is 2.88. The van der Waals surface area contributed by atoms with E-state index in [4.69, 9.17) is 5.11 Å². The van der Waals surface area contributed by atoms with Crippen LogP contribution in [-0.2, 0) is 10.2 Å². The van der Waals surface area contributed by atoms with Gasteiger partial charge >= 0.3 is 12.0 Å². The van der Waals surface area contributed by atoms with E-state index in [1.165, 1.54) is 12.1 Å². The van der Waals surface area contributed by atoms with E-state index in [9.17, 15) is 14.0 Å². The number of carbonyl (C=O) groups is 2. The van der Waals surface area contributed by atoms with Gasteiger partial charge in [-0.3, -0.25) is 4.79 Å². The lowest BCUT2D eigenvalue weighted by atomic mass is 9.75. The molecule has 2 amide bonds. The van der Waals surface area contributed by atoms with Crippen LogP contribution in [0.4, 0.5) is 9.18 Å². The number of carboxylic acid groups (broad SMARTS) is 1. The highest BCUT2D eigenvalue weighted by molar-refractivity contribution is 5.76. The highest BCUT2D eigenvalue weighted by Crippen LogP contribution is 2.51. The average Bonchev–Trinajstić information content (AvgIpc) is 3.25. The quantitative estimate of drug-likeness (QED) is 0.675. The summed E-state index contributed by atoms with van der Waals surface area (Å²) in [5, 5.41) is 14.3. The normalized spacial score (nSPS) is 15.8. The van der Waals surface area contributed by atoms with Gasteiger partial charge in [0.15, 0.2) is 0 Å². The van der Waals surface area contributed by atoms with Crippen LogP contribution >= 0.6 is 0 Å². The Hall–Kier alpha value is -2.11. The number of rotatable bonds is 7. The first-order valence-corrected chi connectivity index (χ1v) is 7.81. The van der Waals surface area contributed by atoms with Gasteiger partial charge in [-0.25, -0.2) is 9.18 Å². The number of amides is 2. The molecule has 6 heteroatoms. The molecule has 2 rings (SSSR count). The molecule has 0 heterocycles. The number of carboxylic acids is 1. The fraction of sp³-hybridized carbons (Fsp3) is 0.529. The molecule has 23 heavy (non-hydrogen) atoms. The van der Waals surface area contributed by atoms with Crippen LogP contribution in [0.15, 0.2) is 24.3 Å². The first-order valence-electron chi connectivity index (χ1n) is 7.81. The molecule has 3 N–H and O–H groups in total. The molecular weight excluding hydrogens is 299 g/mol.